The lowest BCUT2D eigenvalue weighted by atomic mass is 9.77. The maximum atomic E-state index is 6.19. The van der Waals surface area contributed by atoms with Crippen LogP contribution in [0.25, 0.3) is 0 Å². The van der Waals surface area contributed by atoms with E-state index in [0.717, 1.165) is 19.4 Å². The average Bonchev–Trinajstić information content (AvgIpc) is 2.31. The summed E-state index contributed by atoms with van der Waals surface area (Å²) in [5.41, 5.74) is 5.78. The molecule has 1 aliphatic rings. The lowest BCUT2D eigenvalue weighted by Crippen LogP contribution is -2.62. The van der Waals surface area contributed by atoms with Gasteiger partial charge in [-0.1, -0.05) is 6.92 Å². The molecule has 0 aromatic heterocycles. The molecular weight excluding hydrogens is 200 g/mol. The monoisotopic (exact) mass is 228 g/mol. The Morgan fingerprint density at radius 2 is 1.81 bits per heavy atom. The summed E-state index contributed by atoms with van der Waals surface area (Å²) in [6.45, 7) is 12.6. The van der Waals surface area contributed by atoms with E-state index in [9.17, 15) is 0 Å². The number of nitrogens with two attached hydrogens (primary N) is 1. The first-order valence-electron chi connectivity index (χ1n) is 6.32. The van der Waals surface area contributed by atoms with E-state index in [-0.39, 0.29) is 16.7 Å². The molecule has 1 unspecified atom stereocenters. The van der Waals surface area contributed by atoms with Crippen LogP contribution in [0.5, 0.6) is 0 Å². The number of hydrogen-bond donors (Lipinski definition) is 1. The van der Waals surface area contributed by atoms with Crippen molar-refractivity contribution in [3.8, 4) is 0 Å². The highest BCUT2D eigenvalue weighted by Gasteiger charge is 2.58. The van der Waals surface area contributed by atoms with E-state index in [0.29, 0.717) is 6.54 Å². The fraction of sp³-hybridized carbons (Fsp3) is 1.00. The molecule has 1 heterocycles. The van der Waals surface area contributed by atoms with Crippen molar-refractivity contribution in [2.45, 2.75) is 64.2 Å². The summed E-state index contributed by atoms with van der Waals surface area (Å²) in [5.74, 6) is 0. The molecule has 2 N–H and O–H groups in total. The Morgan fingerprint density at radius 3 is 2.12 bits per heavy atom. The van der Waals surface area contributed by atoms with E-state index in [2.05, 4.69) is 46.6 Å². The number of hydrogen-bond acceptors (Lipinski definition) is 3. The second-order valence-corrected chi connectivity index (χ2v) is 6.21. The standard InChI is InChI=1S/C13H28N2O/c1-7-8-15(6)13(10-14)9-11(2,3)16-12(13,4)5/h7-10,14H2,1-6H3. The number of ether oxygens (including phenoxy) is 1. The molecule has 1 rings (SSSR count). The minimum Gasteiger partial charge on any atom is -0.368 e. The molecule has 1 saturated heterocycles. The molecule has 0 bridgehead atoms. The normalized spacial score (nSPS) is 32.2. The van der Waals surface area contributed by atoms with Gasteiger partial charge in [-0.25, -0.2) is 0 Å². The van der Waals surface area contributed by atoms with Crippen molar-refractivity contribution in [2.75, 3.05) is 20.1 Å². The first-order valence-corrected chi connectivity index (χ1v) is 6.32. The van der Waals surface area contributed by atoms with Crippen LogP contribution in [0.2, 0.25) is 0 Å². The molecule has 3 nitrogen and oxygen atoms in total. The van der Waals surface area contributed by atoms with Crippen LogP contribution in [0, 0.1) is 0 Å². The molecule has 96 valence electrons. The van der Waals surface area contributed by atoms with Crippen LogP contribution >= 0.6 is 0 Å². The molecule has 0 amide bonds. The van der Waals surface area contributed by atoms with Gasteiger partial charge in [0.15, 0.2) is 0 Å². The summed E-state index contributed by atoms with van der Waals surface area (Å²) in [6, 6.07) is 0. The fourth-order valence-corrected chi connectivity index (χ4v) is 3.36. The highest BCUT2D eigenvalue weighted by atomic mass is 16.5. The summed E-state index contributed by atoms with van der Waals surface area (Å²) in [5, 5.41) is 0. The smallest absolute Gasteiger partial charge is 0.0829 e. The fourth-order valence-electron chi connectivity index (χ4n) is 3.36. The molecule has 0 saturated carbocycles. The van der Waals surface area contributed by atoms with Crippen molar-refractivity contribution in [3.63, 3.8) is 0 Å². The van der Waals surface area contributed by atoms with Gasteiger partial charge in [-0.05, 0) is 54.1 Å². The Morgan fingerprint density at radius 1 is 1.25 bits per heavy atom. The quantitative estimate of drug-likeness (QED) is 0.800. The van der Waals surface area contributed by atoms with Crippen LogP contribution in [-0.2, 0) is 4.74 Å². The van der Waals surface area contributed by atoms with Gasteiger partial charge < -0.3 is 10.5 Å². The Bertz CT molecular complexity index is 250. The minimum atomic E-state index is -0.185. The third kappa shape index (κ3) is 2.13. The summed E-state index contributed by atoms with van der Waals surface area (Å²) >= 11 is 0. The van der Waals surface area contributed by atoms with Gasteiger partial charge in [0.1, 0.15) is 0 Å². The Hall–Kier alpha value is -0.120. The number of nitrogens with zero attached hydrogens (tertiary/aromatic N) is 1. The zero-order chi connectivity index (χ0) is 12.6. The first kappa shape index (κ1) is 13.9. The van der Waals surface area contributed by atoms with Crippen LogP contribution in [-0.4, -0.2) is 41.8 Å². The van der Waals surface area contributed by atoms with Crippen molar-refractivity contribution in [1.82, 2.24) is 4.90 Å². The second-order valence-electron chi connectivity index (χ2n) is 6.21. The van der Waals surface area contributed by atoms with Crippen molar-refractivity contribution < 1.29 is 4.74 Å². The predicted molar refractivity (Wildman–Crippen MR) is 68.6 cm³/mol. The van der Waals surface area contributed by atoms with Gasteiger partial charge in [-0.2, -0.15) is 0 Å². The lowest BCUT2D eigenvalue weighted by Gasteiger charge is -2.46. The lowest BCUT2D eigenvalue weighted by molar-refractivity contribution is -0.0999. The molecule has 0 spiro atoms. The molecule has 0 aromatic carbocycles. The van der Waals surface area contributed by atoms with E-state index < -0.39 is 0 Å². The zero-order valence-electron chi connectivity index (χ0n) is 11.8. The maximum Gasteiger partial charge on any atom is 0.0829 e. The van der Waals surface area contributed by atoms with Crippen LogP contribution in [0.1, 0.15) is 47.5 Å². The summed E-state index contributed by atoms with van der Waals surface area (Å²) in [6.07, 6.45) is 2.15. The summed E-state index contributed by atoms with van der Waals surface area (Å²) < 4.78 is 6.19. The van der Waals surface area contributed by atoms with Crippen molar-refractivity contribution in [2.24, 2.45) is 5.73 Å². The van der Waals surface area contributed by atoms with E-state index in [4.69, 9.17) is 10.5 Å². The molecule has 0 radical (unpaired) electrons. The third-order valence-electron chi connectivity index (χ3n) is 4.00. The van der Waals surface area contributed by atoms with E-state index in [1.165, 1.54) is 0 Å². The Balaban J connectivity index is 3.03. The number of likely N-dealkylation sites (N-methyl/N-ethyl adjacent to an activating group) is 1. The summed E-state index contributed by atoms with van der Waals surface area (Å²) in [4.78, 5) is 2.39. The van der Waals surface area contributed by atoms with Gasteiger partial charge in [0.05, 0.1) is 16.7 Å². The summed E-state index contributed by atoms with van der Waals surface area (Å²) in [7, 11) is 2.17. The largest absolute Gasteiger partial charge is 0.368 e. The van der Waals surface area contributed by atoms with E-state index in [1.54, 1.807) is 0 Å². The van der Waals surface area contributed by atoms with Crippen LogP contribution < -0.4 is 5.73 Å². The van der Waals surface area contributed by atoms with Crippen molar-refractivity contribution in [1.29, 1.82) is 0 Å². The molecule has 0 aliphatic carbocycles. The van der Waals surface area contributed by atoms with Crippen LogP contribution in [0.4, 0.5) is 0 Å². The van der Waals surface area contributed by atoms with Gasteiger partial charge in [0.2, 0.25) is 0 Å². The number of rotatable bonds is 4. The maximum absolute atomic E-state index is 6.19. The predicted octanol–water partition coefficient (Wildman–Crippen LogP) is 2.00. The molecule has 1 atom stereocenters. The highest BCUT2D eigenvalue weighted by Crippen LogP contribution is 2.47. The average molecular weight is 228 g/mol. The van der Waals surface area contributed by atoms with Crippen LogP contribution in [0.15, 0.2) is 0 Å². The molecule has 3 heteroatoms. The van der Waals surface area contributed by atoms with E-state index >= 15 is 0 Å². The van der Waals surface area contributed by atoms with Gasteiger partial charge in [-0.3, -0.25) is 4.90 Å². The van der Waals surface area contributed by atoms with Gasteiger partial charge in [0.25, 0.3) is 0 Å². The topological polar surface area (TPSA) is 38.5 Å². The van der Waals surface area contributed by atoms with Crippen molar-refractivity contribution in [3.05, 3.63) is 0 Å². The second kappa shape index (κ2) is 4.28. The van der Waals surface area contributed by atoms with E-state index in [1.807, 2.05) is 0 Å². The van der Waals surface area contributed by atoms with Gasteiger partial charge >= 0.3 is 0 Å². The third-order valence-corrected chi connectivity index (χ3v) is 4.00. The highest BCUT2D eigenvalue weighted by molar-refractivity contribution is 5.12. The molecule has 16 heavy (non-hydrogen) atoms. The van der Waals surface area contributed by atoms with Crippen molar-refractivity contribution >= 4 is 0 Å². The zero-order valence-corrected chi connectivity index (χ0v) is 11.8. The molecule has 1 aliphatic heterocycles. The van der Waals surface area contributed by atoms with Gasteiger partial charge in [-0.15, -0.1) is 0 Å². The van der Waals surface area contributed by atoms with Gasteiger partial charge in [0, 0.05) is 6.54 Å². The molecule has 0 aromatic rings. The SMILES string of the molecule is CCCN(C)C1(CN)CC(C)(C)OC1(C)C. The minimum absolute atomic E-state index is 0.0352. The Labute approximate surface area is 100 Å². The molecular formula is C13H28N2O. The Kier molecular flexibility index (Phi) is 3.73. The first-order chi connectivity index (χ1) is 7.21. The van der Waals surface area contributed by atoms with Crippen LogP contribution in [0.3, 0.4) is 0 Å². The molecule has 1 fully saturated rings.